The van der Waals surface area contributed by atoms with Gasteiger partial charge in [-0.25, -0.2) is 13.1 Å². The van der Waals surface area contributed by atoms with Crippen LogP contribution in [0.3, 0.4) is 0 Å². The minimum absolute atomic E-state index is 0.391. The van der Waals surface area contributed by atoms with E-state index < -0.39 is 15.6 Å². The Morgan fingerprint density at radius 3 is 2.53 bits per heavy atom. The zero-order chi connectivity index (χ0) is 14.5. The number of rotatable bonds is 8. The first-order valence-electron chi connectivity index (χ1n) is 6.64. The van der Waals surface area contributed by atoms with E-state index in [4.69, 9.17) is 0 Å². The first-order chi connectivity index (χ1) is 8.80. The standard InChI is InChI=1S/C13H24N2O2S2/c1-5-9-14-10-11-7-8-12(18-11)19(16,17)15-13(3,4)6-2/h7-8,14-15H,5-6,9-10H2,1-4H3. The summed E-state index contributed by atoms with van der Waals surface area (Å²) in [6, 6.07) is 3.56. The van der Waals surface area contributed by atoms with Gasteiger partial charge in [0.1, 0.15) is 4.21 Å². The Kier molecular flexibility index (Phi) is 5.98. The predicted molar refractivity (Wildman–Crippen MR) is 81.0 cm³/mol. The second kappa shape index (κ2) is 6.83. The van der Waals surface area contributed by atoms with Crippen molar-refractivity contribution in [2.45, 2.75) is 56.8 Å². The quantitative estimate of drug-likeness (QED) is 0.726. The van der Waals surface area contributed by atoms with Crippen LogP contribution in [0.5, 0.6) is 0 Å². The Bertz CT molecular complexity index is 492. The Morgan fingerprint density at radius 2 is 1.95 bits per heavy atom. The molecule has 1 heterocycles. The van der Waals surface area contributed by atoms with Crippen LogP contribution in [-0.2, 0) is 16.6 Å². The average Bonchev–Trinajstić information content (AvgIpc) is 2.78. The molecule has 0 unspecified atom stereocenters. The van der Waals surface area contributed by atoms with Gasteiger partial charge in [0.05, 0.1) is 0 Å². The Labute approximate surface area is 120 Å². The van der Waals surface area contributed by atoms with Crippen molar-refractivity contribution in [1.82, 2.24) is 10.0 Å². The van der Waals surface area contributed by atoms with Crippen molar-refractivity contribution in [3.63, 3.8) is 0 Å². The molecule has 0 bridgehead atoms. The van der Waals surface area contributed by atoms with Gasteiger partial charge < -0.3 is 5.32 Å². The number of nitrogens with one attached hydrogen (secondary N) is 2. The fourth-order valence-electron chi connectivity index (χ4n) is 1.47. The summed E-state index contributed by atoms with van der Waals surface area (Å²) in [6.07, 6.45) is 1.82. The maximum Gasteiger partial charge on any atom is 0.250 e. The number of hydrogen-bond donors (Lipinski definition) is 2. The summed E-state index contributed by atoms with van der Waals surface area (Å²) in [5, 5.41) is 3.27. The van der Waals surface area contributed by atoms with Crippen molar-refractivity contribution in [2.24, 2.45) is 0 Å². The minimum Gasteiger partial charge on any atom is -0.312 e. The van der Waals surface area contributed by atoms with Crippen LogP contribution < -0.4 is 10.0 Å². The van der Waals surface area contributed by atoms with Gasteiger partial charge in [0, 0.05) is 17.0 Å². The molecule has 0 aromatic carbocycles. The van der Waals surface area contributed by atoms with Gasteiger partial charge >= 0.3 is 0 Å². The molecule has 4 nitrogen and oxygen atoms in total. The molecule has 2 N–H and O–H groups in total. The van der Waals surface area contributed by atoms with E-state index in [1.54, 1.807) is 6.07 Å². The topological polar surface area (TPSA) is 58.2 Å². The van der Waals surface area contributed by atoms with E-state index in [9.17, 15) is 8.42 Å². The normalized spacial score (nSPS) is 12.8. The van der Waals surface area contributed by atoms with Crippen LogP contribution in [0.1, 0.15) is 45.4 Å². The van der Waals surface area contributed by atoms with Crippen LogP contribution in [-0.4, -0.2) is 20.5 Å². The maximum atomic E-state index is 12.2. The van der Waals surface area contributed by atoms with Crippen molar-refractivity contribution in [3.8, 4) is 0 Å². The predicted octanol–water partition coefficient (Wildman–Crippen LogP) is 2.71. The summed E-state index contributed by atoms with van der Waals surface area (Å²) < 4.78 is 27.6. The largest absolute Gasteiger partial charge is 0.312 e. The van der Waals surface area contributed by atoms with E-state index in [1.807, 2.05) is 26.8 Å². The van der Waals surface area contributed by atoms with Crippen LogP contribution in [0.15, 0.2) is 16.3 Å². The van der Waals surface area contributed by atoms with E-state index in [1.165, 1.54) is 11.3 Å². The smallest absolute Gasteiger partial charge is 0.250 e. The van der Waals surface area contributed by atoms with Gasteiger partial charge in [-0.05, 0) is 45.4 Å². The summed E-state index contributed by atoms with van der Waals surface area (Å²) >= 11 is 1.33. The van der Waals surface area contributed by atoms with Crippen LogP contribution in [0.2, 0.25) is 0 Å². The fourth-order valence-corrected chi connectivity index (χ4v) is 4.28. The minimum atomic E-state index is -3.40. The molecule has 0 fully saturated rings. The Balaban J connectivity index is 2.74. The molecule has 6 heteroatoms. The molecule has 110 valence electrons. The molecule has 1 aromatic rings. The van der Waals surface area contributed by atoms with Crippen LogP contribution in [0.25, 0.3) is 0 Å². The summed E-state index contributed by atoms with van der Waals surface area (Å²) in [7, 11) is -3.40. The summed E-state index contributed by atoms with van der Waals surface area (Å²) in [5.74, 6) is 0. The number of hydrogen-bond acceptors (Lipinski definition) is 4. The summed E-state index contributed by atoms with van der Waals surface area (Å²) in [6.45, 7) is 9.53. The first kappa shape index (κ1) is 16.6. The van der Waals surface area contributed by atoms with Gasteiger partial charge in [-0.2, -0.15) is 0 Å². The molecule has 0 aliphatic carbocycles. The molecule has 19 heavy (non-hydrogen) atoms. The molecule has 0 saturated heterocycles. The van der Waals surface area contributed by atoms with E-state index in [0.29, 0.717) is 4.21 Å². The van der Waals surface area contributed by atoms with Crippen molar-refractivity contribution in [1.29, 1.82) is 0 Å². The van der Waals surface area contributed by atoms with E-state index in [-0.39, 0.29) is 0 Å². The van der Waals surface area contributed by atoms with Gasteiger partial charge in [0.2, 0.25) is 0 Å². The van der Waals surface area contributed by atoms with Crippen molar-refractivity contribution < 1.29 is 8.42 Å². The van der Waals surface area contributed by atoms with E-state index in [0.717, 1.165) is 30.8 Å². The zero-order valence-corrected chi connectivity index (χ0v) is 13.7. The SMILES string of the molecule is CCCNCc1ccc(S(=O)(=O)NC(C)(C)CC)s1. The third-order valence-corrected chi connectivity index (χ3v) is 6.20. The van der Waals surface area contributed by atoms with Crippen molar-refractivity contribution >= 4 is 21.4 Å². The highest BCUT2D eigenvalue weighted by atomic mass is 32.2. The lowest BCUT2D eigenvalue weighted by molar-refractivity contribution is 0.440. The van der Waals surface area contributed by atoms with Crippen molar-refractivity contribution in [2.75, 3.05) is 6.54 Å². The average molecular weight is 304 g/mol. The van der Waals surface area contributed by atoms with E-state index >= 15 is 0 Å². The Hall–Kier alpha value is -0.430. The lowest BCUT2D eigenvalue weighted by atomic mass is 10.0. The lowest BCUT2D eigenvalue weighted by Gasteiger charge is -2.23. The summed E-state index contributed by atoms with van der Waals surface area (Å²) in [5.41, 5.74) is -0.413. The number of sulfonamides is 1. The molecule has 0 radical (unpaired) electrons. The summed E-state index contributed by atoms with van der Waals surface area (Å²) in [4.78, 5) is 1.04. The first-order valence-corrected chi connectivity index (χ1v) is 8.94. The second-order valence-corrected chi connectivity index (χ2v) is 8.32. The van der Waals surface area contributed by atoms with Crippen LogP contribution >= 0.6 is 11.3 Å². The third kappa shape index (κ3) is 5.22. The maximum absolute atomic E-state index is 12.2. The van der Waals surface area contributed by atoms with Crippen LogP contribution in [0, 0.1) is 0 Å². The van der Waals surface area contributed by atoms with E-state index in [2.05, 4.69) is 17.0 Å². The highest BCUT2D eigenvalue weighted by molar-refractivity contribution is 7.91. The van der Waals surface area contributed by atoms with Gasteiger partial charge in [0.15, 0.2) is 0 Å². The molecule has 0 aliphatic heterocycles. The van der Waals surface area contributed by atoms with Gasteiger partial charge in [-0.1, -0.05) is 13.8 Å². The molecule has 0 amide bonds. The van der Waals surface area contributed by atoms with Crippen LogP contribution in [0.4, 0.5) is 0 Å². The van der Waals surface area contributed by atoms with Gasteiger partial charge in [0.25, 0.3) is 10.0 Å². The van der Waals surface area contributed by atoms with Gasteiger partial charge in [-0.3, -0.25) is 0 Å². The highest BCUT2D eigenvalue weighted by Gasteiger charge is 2.25. The number of thiophene rings is 1. The second-order valence-electron chi connectivity index (χ2n) is 5.24. The Morgan fingerprint density at radius 1 is 1.26 bits per heavy atom. The van der Waals surface area contributed by atoms with Gasteiger partial charge in [-0.15, -0.1) is 11.3 Å². The lowest BCUT2D eigenvalue weighted by Crippen LogP contribution is -2.42. The fraction of sp³-hybridized carbons (Fsp3) is 0.692. The molecule has 1 rings (SSSR count). The molecule has 1 aromatic heterocycles. The highest BCUT2D eigenvalue weighted by Crippen LogP contribution is 2.23. The third-order valence-electron chi connectivity index (χ3n) is 2.92. The zero-order valence-electron chi connectivity index (χ0n) is 12.1. The monoisotopic (exact) mass is 304 g/mol. The molecule has 0 aliphatic rings. The molecule has 0 spiro atoms. The molecule has 0 saturated carbocycles. The van der Waals surface area contributed by atoms with Crippen molar-refractivity contribution in [3.05, 3.63) is 17.0 Å². The molecule has 0 atom stereocenters. The molecular formula is C13H24N2O2S2. The molecular weight excluding hydrogens is 280 g/mol.